The monoisotopic (exact) mass is 202 g/mol. The number of rotatable bonds is 5. The Labute approximate surface area is 84.5 Å². The number of hydrogen-bond donors (Lipinski definition) is 0. The largest absolute Gasteiger partial charge is 0.462 e. The first-order chi connectivity index (χ1) is 6.58. The molecule has 1 saturated heterocycles. The van der Waals surface area contributed by atoms with Crippen molar-refractivity contribution in [2.24, 2.45) is 5.92 Å². The van der Waals surface area contributed by atoms with Gasteiger partial charge in [-0.25, -0.2) is 4.79 Å². The summed E-state index contributed by atoms with van der Waals surface area (Å²) in [5.41, 5.74) is 0. The number of esters is 1. The van der Waals surface area contributed by atoms with Crippen molar-refractivity contribution >= 4 is 5.97 Å². The van der Waals surface area contributed by atoms with E-state index in [0.717, 1.165) is 0 Å². The van der Waals surface area contributed by atoms with Gasteiger partial charge in [0.25, 0.3) is 5.79 Å². The molecule has 0 aromatic rings. The average Bonchev–Trinajstić information content (AvgIpc) is 2.82. The smallest absolute Gasteiger partial charge is 0.369 e. The molecule has 2 atom stereocenters. The fourth-order valence-corrected chi connectivity index (χ4v) is 1.51. The van der Waals surface area contributed by atoms with Crippen LogP contribution in [0.25, 0.3) is 0 Å². The van der Waals surface area contributed by atoms with Crippen molar-refractivity contribution in [2.75, 3.05) is 13.2 Å². The van der Waals surface area contributed by atoms with Gasteiger partial charge in [-0.05, 0) is 19.8 Å². The molecule has 4 nitrogen and oxygen atoms in total. The molecule has 0 spiro atoms. The molecule has 1 aliphatic heterocycles. The van der Waals surface area contributed by atoms with Crippen LogP contribution in [0.4, 0.5) is 0 Å². The first kappa shape index (κ1) is 11.5. The summed E-state index contributed by atoms with van der Waals surface area (Å²) < 4.78 is 15.6. The molecule has 1 rings (SSSR count). The van der Waals surface area contributed by atoms with Gasteiger partial charge < -0.3 is 14.2 Å². The van der Waals surface area contributed by atoms with Crippen molar-refractivity contribution in [1.82, 2.24) is 0 Å². The van der Waals surface area contributed by atoms with Crippen LogP contribution in [0.2, 0.25) is 0 Å². The fourth-order valence-electron chi connectivity index (χ4n) is 1.51. The number of epoxide rings is 1. The van der Waals surface area contributed by atoms with Gasteiger partial charge in [-0.1, -0.05) is 13.8 Å². The maximum absolute atomic E-state index is 11.6. The van der Waals surface area contributed by atoms with E-state index in [1.54, 1.807) is 6.92 Å². The van der Waals surface area contributed by atoms with E-state index in [0.29, 0.717) is 13.2 Å². The summed E-state index contributed by atoms with van der Waals surface area (Å²) in [6.07, 6.45) is -0.165. The van der Waals surface area contributed by atoms with Gasteiger partial charge in [-0.2, -0.15) is 0 Å². The summed E-state index contributed by atoms with van der Waals surface area (Å²) in [5, 5.41) is 0. The van der Waals surface area contributed by atoms with Crippen LogP contribution < -0.4 is 0 Å². The normalized spacial score (nSPS) is 30.5. The summed E-state index contributed by atoms with van der Waals surface area (Å²) in [6.45, 7) is 8.38. The maximum atomic E-state index is 11.6. The van der Waals surface area contributed by atoms with E-state index in [9.17, 15) is 4.79 Å². The quantitative estimate of drug-likeness (QED) is 0.498. The summed E-state index contributed by atoms with van der Waals surface area (Å²) in [5.74, 6) is -1.26. The lowest BCUT2D eigenvalue weighted by molar-refractivity contribution is -0.170. The minimum atomic E-state index is -1.11. The molecule has 1 heterocycles. The summed E-state index contributed by atoms with van der Waals surface area (Å²) in [6, 6.07) is 0. The molecular formula is C10H18O4. The lowest BCUT2D eigenvalue weighted by Crippen LogP contribution is -2.34. The van der Waals surface area contributed by atoms with Gasteiger partial charge in [-0.15, -0.1) is 0 Å². The molecule has 14 heavy (non-hydrogen) atoms. The standard InChI is InChI=1S/C10H18O4/c1-5-12-9(11)10(13-6-2)8(14-10)7(3)4/h7-8H,5-6H2,1-4H3. The topological polar surface area (TPSA) is 48.1 Å². The minimum absolute atomic E-state index is 0.165. The molecule has 1 aliphatic rings. The highest BCUT2D eigenvalue weighted by molar-refractivity contribution is 5.81. The zero-order valence-corrected chi connectivity index (χ0v) is 9.20. The molecule has 1 fully saturated rings. The first-order valence-corrected chi connectivity index (χ1v) is 5.07. The summed E-state index contributed by atoms with van der Waals surface area (Å²) in [7, 11) is 0. The molecule has 0 N–H and O–H groups in total. The van der Waals surface area contributed by atoms with Gasteiger partial charge in [0.1, 0.15) is 6.10 Å². The van der Waals surface area contributed by atoms with E-state index < -0.39 is 11.8 Å². The Bertz CT molecular complexity index is 214. The fraction of sp³-hybridized carbons (Fsp3) is 0.900. The van der Waals surface area contributed by atoms with Crippen LogP contribution in [0.15, 0.2) is 0 Å². The minimum Gasteiger partial charge on any atom is -0.462 e. The Hall–Kier alpha value is -0.610. The van der Waals surface area contributed by atoms with Crippen molar-refractivity contribution in [3.05, 3.63) is 0 Å². The predicted octanol–water partition coefficient (Wildman–Crippen LogP) is 1.34. The summed E-state index contributed by atoms with van der Waals surface area (Å²) in [4.78, 5) is 11.6. The zero-order chi connectivity index (χ0) is 10.8. The van der Waals surface area contributed by atoms with Crippen molar-refractivity contribution in [1.29, 1.82) is 0 Å². The number of hydrogen-bond acceptors (Lipinski definition) is 4. The number of carbonyl (C=O) groups is 1. The predicted molar refractivity (Wildman–Crippen MR) is 50.7 cm³/mol. The molecule has 0 aromatic carbocycles. The highest BCUT2D eigenvalue weighted by atomic mass is 16.8. The Balaban J connectivity index is 2.62. The van der Waals surface area contributed by atoms with Gasteiger partial charge in [-0.3, -0.25) is 0 Å². The van der Waals surface area contributed by atoms with Crippen molar-refractivity contribution in [2.45, 2.75) is 39.6 Å². The lowest BCUT2D eigenvalue weighted by Gasteiger charge is -2.12. The first-order valence-electron chi connectivity index (χ1n) is 5.07. The second-order valence-electron chi connectivity index (χ2n) is 3.60. The van der Waals surface area contributed by atoms with Crippen LogP contribution in [0.1, 0.15) is 27.7 Å². The van der Waals surface area contributed by atoms with Crippen LogP contribution >= 0.6 is 0 Å². The van der Waals surface area contributed by atoms with E-state index in [-0.39, 0.29) is 12.0 Å². The van der Waals surface area contributed by atoms with Gasteiger partial charge in [0, 0.05) is 6.61 Å². The highest BCUT2D eigenvalue weighted by Crippen LogP contribution is 2.43. The Morgan fingerprint density at radius 3 is 2.43 bits per heavy atom. The third kappa shape index (κ3) is 1.91. The van der Waals surface area contributed by atoms with Gasteiger partial charge in [0.05, 0.1) is 6.61 Å². The third-order valence-corrected chi connectivity index (χ3v) is 2.14. The van der Waals surface area contributed by atoms with E-state index in [4.69, 9.17) is 14.2 Å². The highest BCUT2D eigenvalue weighted by Gasteiger charge is 2.66. The molecule has 4 heteroatoms. The molecule has 2 unspecified atom stereocenters. The van der Waals surface area contributed by atoms with Crippen LogP contribution in [-0.2, 0) is 19.0 Å². The SMILES string of the molecule is CCOC(=O)C1(OCC)OC1C(C)C. The lowest BCUT2D eigenvalue weighted by atomic mass is 10.1. The van der Waals surface area contributed by atoms with Crippen LogP contribution in [0, 0.1) is 5.92 Å². The van der Waals surface area contributed by atoms with Crippen LogP contribution in [0.3, 0.4) is 0 Å². The Kier molecular flexibility index (Phi) is 3.50. The molecule has 82 valence electrons. The Morgan fingerprint density at radius 2 is 2.07 bits per heavy atom. The van der Waals surface area contributed by atoms with Crippen molar-refractivity contribution < 1.29 is 19.0 Å². The molecule has 0 amide bonds. The zero-order valence-electron chi connectivity index (χ0n) is 9.20. The van der Waals surface area contributed by atoms with E-state index >= 15 is 0 Å². The molecule has 0 radical (unpaired) electrons. The number of carbonyl (C=O) groups excluding carboxylic acids is 1. The van der Waals surface area contributed by atoms with E-state index in [2.05, 4.69) is 0 Å². The second kappa shape index (κ2) is 4.28. The molecule has 0 aromatic heterocycles. The van der Waals surface area contributed by atoms with Gasteiger partial charge in [0.15, 0.2) is 0 Å². The molecule has 0 bridgehead atoms. The molecular weight excluding hydrogens is 184 g/mol. The van der Waals surface area contributed by atoms with Crippen LogP contribution in [-0.4, -0.2) is 31.1 Å². The van der Waals surface area contributed by atoms with Gasteiger partial charge >= 0.3 is 5.97 Å². The Morgan fingerprint density at radius 1 is 1.43 bits per heavy atom. The van der Waals surface area contributed by atoms with Crippen molar-refractivity contribution in [3.8, 4) is 0 Å². The maximum Gasteiger partial charge on any atom is 0.369 e. The second-order valence-corrected chi connectivity index (χ2v) is 3.60. The van der Waals surface area contributed by atoms with E-state index in [1.165, 1.54) is 0 Å². The van der Waals surface area contributed by atoms with Crippen LogP contribution in [0.5, 0.6) is 0 Å². The van der Waals surface area contributed by atoms with Crippen molar-refractivity contribution in [3.63, 3.8) is 0 Å². The van der Waals surface area contributed by atoms with E-state index in [1.807, 2.05) is 20.8 Å². The third-order valence-electron chi connectivity index (χ3n) is 2.14. The summed E-state index contributed by atoms with van der Waals surface area (Å²) >= 11 is 0. The molecule has 0 saturated carbocycles. The average molecular weight is 202 g/mol. The molecule has 0 aliphatic carbocycles. The van der Waals surface area contributed by atoms with Gasteiger partial charge in [0.2, 0.25) is 0 Å². The number of ether oxygens (including phenoxy) is 3.